The van der Waals surface area contributed by atoms with Crippen molar-refractivity contribution in [2.24, 2.45) is 0 Å². The van der Waals surface area contributed by atoms with Gasteiger partial charge in [-0.15, -0.1) is 0 Å². The molecule has 1 aliphatic heterocycles. The molecule has 3 heteroatoms. The Morgan fingerprint density at radius 2 is 2.00 bits per heavy atom. The lowest BCUT2D eigenvalue weighted by Crippen LogP contribution is -2.31. The van der Waals surface area contributed by atoms with E-state index < -0.39 is 5.60 Å². The normalized spacial score (nSPS) is 25.7. The van der Waals surface area contributed by atoms with Crippen LogP contribution >= 0.6 is 0 Å². The molecule has 0 spiro atoms. The summed E-state index contributed by atoms with van der Waals surface area (Å²) in [6, 6.07) is 9.92. The Morgan fingerprint density at radius 1 is 1.22 bits per heavy atom. The molecule has 1 aliphatic rings. The summed E-state index contributed by atoms with van der Waals surface area (Å²) in [6.07, 6.45) is 2.83. The molecule has 1 unspecified atom stereocenters. The fourth-order valence-corrected chi connectivity index (χ4v) is 2.35. The number of aliphatic hydroxyl groups is 1. The lowest BCUT2D eigenvalue weighted by Gasteiger charge is -2.22. The molecule has 1 atom stereocenters. The Labute approximate surface area is 109 Å². The van der Waals surface area contributed by atoms with Gasteiger partial charge in [-0.1, -0.05) is 18.2 Å². The average Bonchev–Trinajstić information content (AvgIpc) is 2.52. The molecule has 0 aromatic heterocycles. The number of ether oxygens (including phenoxy) is 1. The Kier molecular flexibility index (Phi) is 4.61. The molecule has 0 radical (unpaired) electrons. The van der Waals surface area contributed by atoms with Crippen molar-refractivity contribution in [2.75, 3.05) is 26.2 Å². The van der Waals surface area contributed by atoms with Crippen LogP contribution in [0, 0.1) is 0 Å². The highest BCUT2D eigenvalue weighted by Gasteiger charge is 2.24. The van der Waals surface area contributed by atoms with Crippen molar-refractivity contribution in [3.8, 4) is 5.75 Å². The van der Waals surface area contributed by atoms with Crippen molar-refractivity contribution >= 4 is 0 Å². The molecule has 1 heterocycles. The summed E-state index contributed by atoms with van der Waals surface area (Å²) in [5, 5.41) is 10.0. The van der Waals surface area contributed by atoms with Gasteiger partial charge in [0.1, 0.15) is 12.4 Å². The van der Waals surface area contributed by atoms with Crippen LogP contribution < -0.4 is 4.74 Å². The van der Waals surface area contributed by atoms with Gasteiger partial charge in [0.25, 0.3) is 0 Å². The fraction of sp³-hybridized carbons (Fsp3) is 0.600. The van der Waals surface area contributed by atoms with Gasteiger partial charge in [-0.2, -0.15) is 0 Å². The largest absolute Gasteiger partial charge is 0.492 e. The SMILES string of the molecule is CC1(O)CCCN(CCOc2ccccc2)CC1. The highest BCUT2D eigenvalue weighted by Crippen LogP contribution is 2.21. The first-order valence-corrected chi connectivity index (χ1v) is 6.78. The van der Waals surface area contributed by atoms with Crippen molar-refractivity contribution in [3.63, 3.8) is 0 Å². The standard InChI is InChI=1S/C15H23NO2/c1-15(17)8-5-10-16(11-9-15)12-13-18-14-6-3-2-4-7-14/h2-4,6-7,17H,5,8-13H2,1H3. The lowest BCUT2D eigenvalue weighted by molar-refractivity contribution is 0.0442. The van der Waals surface area contributed by atoms with Crippen LogP contribution in [0.4, 0.5) is 0 Å². The minimum atomic E-state index is -0.477. The maximum Gasteiger partial charge on any atom is 0.119 e. The Bertz CT molecular complexity index is 351. The van der Waals surface area contributed by atoms with Crippen LogP contribution in [-0.4, -0.2) is 41.8 Å². The van der Waals surface area contributed by atoms with E-state index in [9.17, 15) is 5.11 Å². The van der Waals surface area contributed by atoms with Crippen molar-refractivity contribution < 1.29 is 9.84 Å². The van der Waals surface area contributed by atoms with E-state index in [4.69, 9.17) is 4.74 Å². The van der Waals surface area contributed by atoms with E-state index in [0.717, 1.165) is 44.6 Å². The molecule has 1 aromatic rings. The molecule has 0 bridgehead atoms. The third-order valence-electron chi connectivity index (χ3n) is 3.58. The summed E-state index contributed by atoms with van der Waals surface area (Å²) in [7, 11) is 0. The van der Waals surface area contributed by atoms with E-state index in [2.05, 4.69) is 4.90 Å². The van der Waals surface area contributed by atoms with E-state index in [1.54, 1.807) is 0 Å². The first-order valence-electron chi connectivity index (χ1n) is 6.78. The molecule has 1 N–H and O–H groups in total. The van der Waals surface area contributed by atoms with Gasteiger partial charge >= 0.3 is 0 Å². The van der Waals surface area contributed by atoms with Crippen LogP contribution in [0.25, 0.3) is 0 Å². The summed E-state index contributed by atoms with van der Waals surface area (Å²) in [6.45, 7) is 5.62. The zero-order chi connectivity index (χ0) is 12.8. The van der Waals surface area contributed by atoms with Crippen molar-refractivity contribution in [1.82, 2.24) is 4.90 Å². The maximum atomic E-state index is 10.0. The Balaban J connectivity index is 1.71. The van der Waals surface area contributed by atoms with Crippen LogP contribution in [-0.2, 0) is 0 Å². The molecule has 3 nitrogen and oxygen atoms in total. The number of hydrogen-bond acceptors (Lipinski definition) is 3. The second-order valence-electron chi connectivity index (χ2n) is 5.35. The predicted octanol–water partition coefficient (Wildman–Crippen LogP) is 2.30. The predicted molar refractivity (Wildman–Crippen MR) is 72.9 cm³/mol. The molecule has 0 saturated carbocycles. The van der Waals surface area contributed by atoms with Crippen molar-refractivity contribution in [3.05, 3.63) is 30.3 Å². The third kappa shape index (κ3) is 4.31. The second-order valence-corrected chi connectivity index (χ2v) is 5.35. The van der Waals surface area contributed by atoms with Gasteiger partial charge in [-0.3, -0.25) is 4.90 Å². The molecule has 0 aliphatic carbocycles. The number of benzene rings is 1. The Hall–Kier alpha value is -1.06. The van der Waals surface area contributed by atoms with Gasteiger partial charge in [0.15, 0.2) is 0 Å². The van der Waals surface area contributed by atoms with E-state index in [0.29, 0.717) is 6.61 Å². The molecule has 1 aromatic carbocycles. The van der Waals surface area contributed by atoms with Crippen LogP contribution in [0.1, 0.15) is 26.2 Å². The first-order chi connectivity index (χ1) is 8.66. The first kappa shape index (κ1) is 13.4. The molecule has 100 valence electrons. The molecule has 0 amide bonds. The topological polar surface area (TPSA) is 32.7 Å². The fourth-order valence-electron chi connectivity index (χ4n) is 2.35. The van der Waals surface area contributed by atoms with Crippen LogP contribution in [0.5, 0.6) is 5.75 Å². The smallest absolute Gasteiger partial charge is 0.119 e. The third-order valence-corrected chi connectivity index (χ3v) is 3.58. The molecular weight excluding hydrogens is 226 g/mol. The second kappa shape index (κ2) is 6.21. The van der Waals surface area contributed by atoms with Gasteiger partial charge in [0.05, 0.1) is 5.60 Å². The summed E-state index contributed by atoms with van der Waals surface area (Å²) >= 11 is 0. The summed E-state index contributed by atoms with van der Waals surface area (Å²) in [5.74, 6) is 0.930. The number of likely N-dealkylation sites (tertiary alicyclic amines) is 1. The van der Waals surface area contributed by atoms with E-state index >= 15 is 0 Å². The number of para-hydroxylation sites is 1. The summed E-state index contributed by atoms with van der Waals surface area (Å²) < 4.78 is 5.70. The van der Waals surface area contributed by atoms with Crippen LogP contribution in [0.3, 0.4) is 0 Å². The van der Waals surface area contributed by atoms with Gasteiger partial charge < -0.3 is 9.84 Å². The highest BCUT2D eigenvalue weighted by molar-refractivity contribution is 5.20. The number of hydrogen-bond donors (Lipinski definition) is 1. The van der Waals surface area contributed by atoms with Gasteiger partial charge in [-0.05, 0) is 44.9 Å². The Morgan fingerprint density at radius 3 is 2.78 bits per heavy atom. The average molecular weight is 249 g/mol. The maximum absolute atomic E-state index is 10.0. The minimum absolute atomic E-state index is 0.477. The lowest BCUT2D eigenvalue weighted by atomic mass is 9.98. The quantitative estimate of drug-likeness (QED) is 0.888. The molecular formula is C15H23NO2. The van der Waals surface area contributed by atoms with Crippen LogP contribution in [0.15, 0.2) is 30.3 Å². The summed E-state index contributed by atoms with van der Waals surface area (Å²) in [5.41, 5.74) is -0.477. The minimum Gasteiger partial charge on any atom is -0.492 e. The monoisotopic (exact) mass is 249 g/mol. The molecule has 1 fully saturated rings. The number of rotatable bonds is 4. The molecule has 18 heavy (non-hydrogen) atoms. The van der Waals surface area contributed by atoms with E-state index in [1.807, 2.05) is 37.3 Å². The highest BCUT2D eigenvalue weighted by atomic mass is 16.5. The van der Waals surface area contributed by atoms with Gasteiger partial charge in [-0.25, -0.2) is 0 Å². The van der Waals surface area contributed by atoms with Crippen LogP contribution in [0.2, 0.25) is 0 Å². The molecule has 1 saturated heterocycles. The zero-order valence-corrected chi connectivity index (χ0v) is 11.1. The van der Waals surface area contributed by atoms with E-state index in [-0.39, 0.29) is 0 Å². The van der Waals surface area contributed by atoms with Gasteiger partial charge in [0.2, 0.25) is 0 Å². The number of nitrogens with zero attached hydrogens (tertiary/aromatic N) is 1. The van der Waals surface area contributed by atoms with Crippen molar-refractivity contribution in [2.45, 2.75) is 31.8 Å². The summed E-state index contributed by atoms with van der Waals surface area (Å²) in [4.78, 5) is 2.38. The van der Waals surface area contributed by atoms with Crippen molar-refractivity contribution in [1.29, 1.82) is 0 Å². The van der Waals surface area contributed by atoms with Gasteiger partial charge in [0, 0.05) is 13.1 Å². The molecule has 2 rings (SSSR count). The zero-order valence-electron chi connectivity index (χ0n) is 11.1. The van der Waals surface area contributed by atoms with E-state index in [1.165, 1.54) is 0 Å².